The van der Waals surface area contributed by atoms with Crippen molar-refractivity contribution in [2.24, 2.45) is 0 Å². The molecule has 0 spiro atoms. The van der Waals surface area contributed by atoms with Crippen LogP contribution in [0.15, 0.2) is 11.6 Å². The fourth-order valence-electron chi connectivity index (χ4n) is 1.48. The summed E-state index contributed by atoms with van der Waals surface area (Å²) in [5, 5.41) is 3.64. The van der Waals surface area contributed by atoms with Crippen molar-refractivity contribution < 1.29 is 4.74 Å². The highest BCUT2D eigenvalue weighted by Crippen LogP contribution is 2.16. The van der Waals surface area contributed by atoms with Gasteiger partial charge in [0.2, 0.25) is 0 Å². The molecule has 0 saturated heterocycles. The molecule has 5 nitrogen and oxygen atoms in total. The Morgan fingerprint density at radius 3 is 2.95 bits per heavy atom. The minimum absolute atomic E-state index is 0.366. The van der Waals surface area contributed by atoms with Gasteiger partial charge in [-0.25, -0.2) is 15.0 Å². The molecule has 2 aromatic rings. The highest BCUT2D eigenvalue weighted by atomic mass is 35.5. The summed E-state index contributed by atoms with van der Waals surface area (Å²) in [5.74, 6) is 1.28. The van der Waals surface area contributed by atoms with Crippen molar-refractivity contribution in [1.82, 2.24) is 15.0 Å². The summed E-state index contributed by atoms with van der Waals surface area (Å²) in [6, 6.07) is 1.70. The van der Waals surface area contributed by atoms with Crippen LogP contribution in [-0.2, 0) is 17.9 Å². The first-order valence-electron chi connectivity index (χ1n) is 5.93. The molecule has 2 heterocycles. The molecule has 0 atom stereocenters. The lowest BCUT2D eigenvalue weighted by atomic mass is 10.4. The summed E-state index contributed by atoms with van der Waals surface area (Å²) < 4.78 is 5.28. The number of nitrogens with one attached hydrogen (secondary N) is 1. The second-order valence-corrected chi connectivity index (χ2v) is 5.17. The van der Waals surface area contributed by atoms with Crippen molar-refractivity contribution in [3.63, 3.8) is 0 Å². The van der Waals surface area contributed by atoms with Gasteiger partial charge in [-0.1, -0.05) is 11.6 Å². The zero-order valence-electron chi connectivity index (χ0n) is 10.8. The zero-order valence-corrected chi connectivity index (χ0v) is 12.4. The second-order valence-electron chi connectivity index (χ2n) is 3.84. The highest BCUT2D eigenvalue weighted by Gasteiger charge is 2.05. The van der Waals surface area contributed by atoms with Crippen molar-refractivity contribution in [1.29, 1.82) is 0 Å². The lowest BCUT2D eigenvalue weighted by Crippen LogP contribution is -2.05. The van der Waals surface area contributed by atoms with Gasteiger partial charge >= 0.3 is 0 Å². The third kappa shape index (κ3) is 4.12. The lowest BCUT2D eigenvalue weighted by Gasteiger charge is -2.07. The van der Waals surface area contributed by atoms with E-state index in [0.717, 1.165) is 5.69 Å². The fourth-order valence-corrected chi connectivity index (χ4v) is 2.40. The summed E-state index contributed by atoms with van der Waals surface area (Å²) in [6.45, 7) is 5.58. The molecule has 0 fully saturated rings. The van der Waals surface area contributed by atoms with Crippen LogP contribution < -0.4 is 5.32 Å². The van der Waals surface area contributed by atoms with Gasteiger partial charge in [0.05, 0.1) is 17.7 Å². The van der Waals surface area contributed by atoms with Crippen LogP contribution in [0.5, 0.6) is 0 Å². The average Bonchev–Trinajstić information content (AvgIpc) is 2.79. The summed E-state index contributed by atoms with van der Waals surface area (Å²) in [7, 11) is 0. The molecule has 0 amide bonds. The maximum Gasteiger partial charge on any atom is 0.158 e. The van der Waals surface area contributed by atoms with Crippen LogP contribution in [0.3, 0.4) is 0 Å². The molecule has 2 rings (SSSR count). The van der Waals surface area contributed by atoms with Crippen molar-refractivity contribution in [2.75, 3.05) is 11.9 Å². The van der Waals surface area contributed by atoms with Crippen LogP contribution >= 0.6 is 22.9 Å². The van der Waals surface area contributed by atoms with E-state index >= 15 is 0 Å². The van der Waals surface area contributed by atoms with Crippen LogP contribution in [0.25, 0.3) is 0 Å². The van der Waals surface area contributed by atoms with Gasteiger partial charge in [0.1, 0.15) is 17.6 Å². The molecule has 0 aliphatic rings. The normalized spacial score (nSPS) is 10.7. The monoisotopic (exact) mass is 298 g/mol. The van der Waals surface area contributed by atoms with Crippen molar-refractivity contribution in [3.05, 3.63) is 33.1 Å². The molecule has 0 unspecified atom stereocenters. The van der Waals surface area contributed by atoms with Crippen LogP contribution in [0.1, 0.15) is 23.3 Å². The quantitative estimate of drug-likeness (QED) is 0.831. The van der Waals surface area contributed by atoms with E-state index < -0.39 is 0 Å². The Balaban J connectivity index is 2.03. The predicted octanol–water partition coefficient (Wildman–Crippen LogP) is 3.04. The first-order chi connectivity index (χ1) is 9.19. The molecule has 0 saturated carbocycles. The van der Waals surface area contributed by atoms with Gasteiger partial charge in [0.15, 0.2) is 5.82 Å². The Bertz CT molecular complexity index is 546. The van der Waals surface area contributed by atoms with Crippen LogP contribution in [0.2, 0.25) is 5.15 Å². The first kappa shape index (κ1) is 14.2. The van der Waals surface area contributed by atoms with E-state index in [1.807, 2.05) is 19.4 Å². The number of hydrogen-bond acceptors (Lipinski definition) is 6. The van der Waals surface area contributed by atoms with Crippen molar-refractivity contribution in [2.45, 2.75) is 27.0 Å². The maximum atomic E-state index is 5.96. The zero-order chi connectivity index (χ0) is 13.7. The van der Waals surface area contributed by atoms with Gasteiger partial charge in [-0.2, -0.15) is 0 Å². The molecule has 102 valence electrons. The van der Waals surface area contributed by atoms with Gasteiger partial charge in [-0.15, -0.1) is 11.3 Å². The summed E-state index contributed by atoms with van der Waals surface area (Å²) in [5.41, 5.74) is 2.87. The number of rotatable bonds is 6. The summed E-state index contributed by atoms with van der Waals surface area (Å²) >= 11 is 7.58. The number of nitrogens with zero attached hydrogens (tertiary/aromatic N) is 3. The van der Waals surface area contributed by atoms with E-state index in [-0.39, 0.29) is 0 Å². The van der Waals surface area contributed by atoms with E-state index in [4.69, 9.17) is 16.3 Å². The fraction of sp³-hybridized carbons (Fsp3) is 0.417. The Kier molecular flexibility index (Phi) is 5.07. The standard InChI is InChI=1S/C12H15ClN4OS/c1-3-18-6-12-16-10(13)4-11(17-12)14-5-9-8(2)15-7-19-9/h4,7H,3,5-6H2,1-2H3,(H,14,16,17). The van der Waals surface area contributed by atoms with Gasteiger partial charge in [0, 0.05) is 17.6 Å². The lowest BCUT2D eigenvalue weighted by molar-refractivity contribution is 0.128. The van der Waals surface area contributed by atoms with Crippen LogP contribution in [0, 0.1) is 6.92 Å². The number of ether oxygens (including phenoxy) is 1. The number of aromatic nitrogens is 3. The number of hydrogen-bond donors (Lipinski definition) is 1. The van der Waals surface area contributed by atoms with E-state index in [2.05, 4.69) is 20.3 Å². The van der Waals surface area contributed by atoms with Crippen molar-refractivity contribution in [3.8, 4) is 0 Å². The first-order valence-corrected chi connectivity index (χ1v) is 7.19. The molecular formula is C12H15ClN4OS. The van der Waals surface area contributed by atoms with Gasteiger partial charge in [-0.3, -0.25) is 0 Å². The number of thiazole rings is 1. The Morgan fingerprint density at radius 2 is 2.26 bits per heavy atom. The van der Waals surface area contributed by atoms with E-state index in [9.17, 15) is 0 Å². The Hall–Kier alpha value is -1.24. The SMILES string of the molecule is CCOCc1nc(Cl)cc(NCc2scnc2C)n1. The third-order valence-corrected chi connectivity index (χ3v) is 3.58. The predicted molar refractivity (Wildman–Crippen MR) is 76.5 cm³/mol. The number of halogens is 1. The number of anilines is 1. The molecule has 0 aliphatic heterocycles. The molecule has 1 N–H and O–H groups in total. The molecule has 0 radical (unpaired) electrons. The molecule has 7 heteroatoms. The summed E-state index contributed by atoms with van der Waals surface area (Å²) in [4.78, 5) is 13.9. The minimum atomic E-state index is 0.366. The van der Waals surface area contributed by atoms with Gasteiger partial charge in [0.25, 0.3) is 0 Å². The van der Waals surface area contributed by atoms with Gasteiger partial charge in [-0.05, 0) is 13.8 Å². The molecule has 0 aliphatic carbocycles. The largest absolute Gasteiger partial charge is 0.374 e. The Morgan fingerprint density at radius 1 is 1.42 bits per heavy atom. The molecular weight excluding hydrogens is 284 g/mol. The van der Waals surface area contributed by atoms with Crippen LogP contribution in [-0.4, -0.2) is 21.6 Å². The van der Waals surface area contributed by atoms with E-state index in [1.165, 1.54) is 4.88 Å². The van der Waals surface area contributed by atoms with Gasteiger partial charge < -0.3 is 10.1 Å². The molecule has 0 bridgehead atoms. The number of aryl methyl sites for hydroxylation is 1. The van der Waals surface area contributed by atoms with E-state index in [1.54, 1.807) is 17.4 Å². The maximum absolute atomic E-state index is 5.96. The second kappa shape index (κ2) is 6.79. The van der Waals surface area contributed by atoms with Crippen molar-refractivity contribution >= 4 is 28.8 Å². The molecule has 2 aromatic heterocycles. The third-order valence-electron chi connectivity index (χ3n) is 2.45. The van der Waals surface area contributed by atoms with Crippen LogP contribution in [0.4, 0.5) is 5.82 Å². The molecule has 19 heavy (non-hydrogen) atoms. The Labute approximate surface area is 121 Å². The molecule has 0 aromatic carbocycles. The average molecular weight is 299 g/mol. The minimum Gasteiger partial charge on any atom is -0.374 e. The topological polar surface area (TPSA) is 59.9 Å². The summed E-state index contributed by atoms with van der Waals surface area (Å²) in [6.07, 6.45) is 0. The smallest absolute Gasteiger partial charge is 0.158 e. The van der Waals surface area contributed by atoms with E-state index in [0.29, 0.717) is 36.6 Å². The highest BCUT2D eigenvalue weighted by molar-refractivity contribution is 7.09.